The average Bonchev–Trinajstić information content (AvgIpc) is 2.38. The first-order valence-electron chi connectivity index (χ1n) is 5.57. The molecule has 0 aliphatic carbocycles. The molecule has 82 valence electrons. The van der Waals surface area contributed by atoms with Crippen molar-refractivity contribution < 1.29 is 0 Å². The van der Waals surface area contributed by atoms with Crippen molar-refractivity contribution in [2.75, 3.05) is 0 Å². The summed E-state index contributed by atoms with van der Waals surface area (Å²) in [5.41, 5.74) is 4.23. The number of rotatable bonds is 1. The van der Waals surface area contributed by atoms with Gasteiger partial charge in [-0.25, -0.2) is 0 Å². The van der Waals surface area contributed by atoms with Gasteiger partial charge in [0.05, 0.1) is 11.0 Å². The van der Waals surface area contributed by atoms with Gasteiger partial charge in [0.2, 0.25) is 0 Å². The molecule has 0 fully saturated rings. The second-order valence-corrected chi connectivity index (χ2v) is 4.09. The number of aromatic nitrogens is 2. The minimum Gasteiger partial charge on any atom is -0.254 e. The molecule has 17 heavy (non-hydrogen) atoms. The first-order valence-corrected chi connectivity index (χ1v) is 5.57. The standard InChI is InChI=1S/C15H12N2/c1-3-11-7-9-17-15-13(11)5-4-12-10(2)6-8-16-14(12)15/h3-9H,1H2,2H3. The zero-order valence-electron chi connectivity index (χ0n) is 9.64. The maximum atomic E-state index is 4.45. The maximum absolute atomic E-state index is 4.45. The highest BCUT2D eigenvalue weighted by molar-refractivity contribution is 6.06. The average molecular weight is 220 g/mol. The summed E-state index contributed by atoms with van der Waals surface area (Å²) in [7, 11) is 0. The fraction of sp³-hybridized carbons (Fsp3) is 0.0667. The zero-order valence-corrected chi connectivity index (χ0v) is 9.64. The lowest BCUT2D eigenvalue weighted by Gasteiger charge is -2.06. The molecular formula is C15H12N2. The Bertz CT molecular complexity index is 729. The fourth-order valence-electron chi connectivity index (χ4n) is 2.17. The van der Waals surface area contributed by atoms with Crippen LogP contribution in [0.2, 0.25) is 0 Å². The van der Waals surface area contributed by atoms with Crippen LogP contribution in [0.4, 0.5) is 0 Å². The molecule has 0 spiro atoms. The summed E-state index contributed by atoms with van der Waals surface area (Å²) >= 11 is 0. The second kappa shape index (κ2) is 3.67. The largest absolute Gasteiger partial charge is 0.254 e. The molecule has 1 aromatic carbocycles. The van der Waals surface area contributed by atoms with Crippen LogP contribution in [0.25, 0.3) is 27.9 Å². The number of hydrogen-bond acceptors (Lipinski definition) is 2. The highest BCUT2D eigenvalue weighted by atomic mass is 14.7. The number of nitrogens with zero attached hydrogens (tertiary/aromatic N) is 2. The highest BCUT2D eigenvalue weighted by Gasteiger charge is 2.06. The van der Waals surface area contributed by atoms with Gasteiger partial charge in [0.15, 0.2) is 0 Å². The van der Waals surface area contributed by atoms with Gasteiger partial charge < -0.3 is 0 Å². The Kier molecular flexibility index (Phi) is 2.15. The van der Waals surface area contributed by atoms with E-state index in [0.29, 0.717) is 0 Å². The van der Waals surface area contributed by atoms with E-state index in [9.17, 15) is 0 Å². The SMILES string of the molecule is C=Cc1ccnc2c1ccc1c(C)ccnc12. The molecule has 3 aromatic rings. The number of hydrogen-bond donors (Lipinski definition) is 0. The third-order valence-electron chi connectivity index (χ3n) is 3.09. The molecule has 0 saturated heterocycles. The molecule has 0 aliphatic heterocycles. The number of fused-ring (bicyclic) bond motifs is 3. The molecule has 0 aliphatic rings. The van der Waals surface area contributed by atoms with E-state index in [0.717, 1.165) is 27.4 Å². The van der Waals surface area contributed by atoms with Gasteiger partial charge in [-0.2, -0.15) is 0 Å². The smallest absolute Gasteiger partial charge is 0.0970 e. The van der Waals surface area contributed by atoms with Gasteiger partial charge in [0, 0.05) is 23.2 Å². The van der Waals surface area contributed by atoms with E-state index in [2.05, 4.69) is 35.6 Å². The quantitative estimate of drug-likeness (QED) is 0.584. The van der Waals surface area contributed by atoms with Crippen LogP contribution in [0.15, 0.2) is 43.2 Å². The molecule has 0 N–H and O–H groups in total. The van der Waals surface area contributed by atoms with Crippen molar-refractivity contribution in [2.24, 2.45) is 0 Å². The van der Waals surface area contributed by atoms with Crippen LogP contribution in [0.3, 0.4) is 0 Å². The molecule has 2 heteroatoms. The molecular weight excluding hydrogens is 208 g/mol. The molecule has 2 nitrogen and oxygen atoms in total. The summed E-state index contributed by atoms with van der Waals surface area (Å²) in [6.45, 7) is 5.92. The molecule has 0 radical (unpaired) electrons. The van der Waals surface area contributed by atoms with Gasteiger partial charge >= 0.3 is 0 Å². The van der Waals surface area contributed by atoms with E-state index in [1.165, 1.54) is 5.56 Å². The van der Waals surface area contributed by atoms with Crippen LogP contribution >= 0.6 is 0 Å². The Balaban J connectivity index is 2.57. The number of benzene rings is 1. The predicted octanol–water partition coefficient (Wildman–Crippen LogP) is 3.73. The van der Waals surface area contributed by atoms with E-state index in [1.54, 1.807) is 0 Å². The molecule has 3 rings (SSSR count). The van der Waals surface area contributed by atoms with Crippen molar-refractivity contribution in [1.82, 2.24) is 9.97 Å². The molecule has 2 aromatic heterocycles. The Morgan fingerprint density at radius 3 is 2.35 bits per heavy atom. The third-order valence-corrected chi connectivity index (χ3v) is 3.09. The molecule has 0 atom stereocenters. The minimum absolute atomic E-state index is 0.948. The monoisotopic (exact) mass is 220 g/mol. The van der Waals surface area contributed by atoms with Crippen molar-refractivity contribution in [3.05, 3.63) is 54.4 Å². The van der Waals surface area contributed by atoms with Crippen molar-refractivity contribution in [3.8, 4) is 0 Å². The van der Waals surface area contributed by atoms with Crippen LogP contribution in [-0.4, -0.2) is 9.97 Å². The summed E-state index contributed by atoms with van der Waals surface area (Å²) in [6, 6.07) is 8.19. The van der Waals surface area contributed by atoms with Crippen LogP contribution in [-0.2, 0) is 0 Å². The summed E-state index contributed by atoms with van der Waals surface area (Å²) in [5.74, 6) is 0. The normalized spacial score (nSPS) is 10.9. The molecule has 0 unspecified atom stereocenters. The van der Waals surface area contributed by atoms with E-state index >= 15 is 0 Å². The lowest BCUT2D eigenvalue weighted by Crippen LogP contribution is -1.88. The van der Waals surface area contributed by atoms with Crippen LogP contribution in [0.5, 0.6) is 0 Å². The zero-order chi connectivity index (χ0) is 11.8. The van der Waals surface area contributed by atoms with E-state index in [-0.39, 0.29) is 0 Å². The minimum atomic E-state index is 0.948. The third kappa shape index (κ3) is 1.41. The topological polar surface area (TPSA) is 25.8 Å². The first kappa shape index (κ1) is 9.97. The predicted molar refractivity (Wildman–Crippen MR) is 71.9 cm³/mol. The second-order valence-electron chi connectivity index (χ2n) is 4.09. The number of aryl methyl sites for hydroxylation is 1. The van der Waals surface area contributed by atoms with E-state index in [1.807, 2.05) is 30.6 Å². The van der Waals surface area contributed by atoms with Crippen LogP contribution < -0.4 is 0 Å². The summed E-state index contributed by atoms with van der Waals surface area (Å²) in [5, 5.41) is 2.27. The fourth-order valence-corrected chi connectivity index (χ4v) is 2.17. The van der Waals surface area contributed by atoms with Gasteiger partial charge in [-0.3, -0.25) is 9.97 Å². The van der Waals surface area contributed by atoms with Gasteiger partial charge in [-0.05, 0) is 30.2 Å². The highest BCUT2D eigenvalue weighted by Crippen LogP contribution is 2.26. The lowest BCUT2D eigenvalue weighted by molar-refractivity contribution is 1.35. The first-order chi connectivity index (χ1) is 8.31. The maximum Gasteiger partial charge on any atom is 0.0970 e. The molecule has 0 amide bonds. The van der Waals surface area contributed by atoms with Crippen molar-refractivity contribution >= 4 is 27.9 Å². The van der Waals surface area contributed by atoms with Crippen molar-refractivity contribution in [3.63, 3.8) is 0 Å². The van der Waals surface area contributed by atoms with Gasteiger partial charge in [-0.1, -0.05) is 24.8 Å². The van der Waals surface area contributed by atoms with Crippen molar-refractivity contribution in [1.29, 1.82) is 0 Å². The Labute approximate surface area is 99.6 Å². The Morgan fingerprint density at radius 2 is 1.59 bits per heavy atom. The van der Waals surface area contributed by atoms with Crippen molar-refractivity contribution in [2.45, 2.75) is 6.92 Å². The molecule has 0 bridgehead atoms. The van der Waals surface area contributed by atoms with E-state index < -0.39 is 0 Å². The molecule has 0 saturated carbocycles. The Hall–Kier alpha value is -2.22. The van der Waals surface area contributed by atoms with Crippen LogP contribution in [0, 0.1) is 6.92 Å². The molecule has 2 heterocycles. The summed E-state index contributed by atoms with van der Waals surface area (Å²) in [6.07, 6.45) is 5.49. The van der Waals surface area contributed by atoms with Gasteiger partial charge in [0.25, 0.3) is 0 Å². The van der Waals surface area contributed by atoms with Gasteiger partial charge in [0.1, 0.15) is 0 Å². The summed E-state index contributed by atoms with van der Waals surface area (Å²) in [4.78, 5) is 8.90. The van der Waals surface area contributed by atoms with Crippen LogP contribution in [0.1, 0.15) is 11.1 Å². The van der Waals surface area contributed by atoms with Gasteiger partial charge in [-0.15, -0.1) is 0 Å². The Morgan fingerprint density at radius 1 is 0.941 bits per heavy atom. The lowest BCUT2D eigenvalue weighted by atomic mass is 10.0. The number of pyridine rings is 2. The van der Waals surface area contributed by atoms with E-state index in [4.69, 9.17) is 0 Å². The summed E-state index contributed by atoms with van der Waals surface area (Å²) < 4.78 is 0.